The molecule has 22 heavy (non-hydrogen) atoms. The molecular weight excluding hydrogens is 270 g/mol. The fraction of sp³-hybridized carbons (Fsp3) is 0.400. The van der Waals surface area contributed by atoms with Crippen LogP contribution in [0, 0.1) is 0 Å². The van der Waals surface area contributed by atoms with Gasteiger partial charge in [-0.15, -0.1) is 0 Å². The van der Waals surface area contributed by atoms with Crippen molar-refractivity contribution in [3.8, 4) is 0 Å². The highest BCUT2D eigenvalue weighted by molar-refractivity contribution is 5.24. The maximum atomic E-state index is 10.5. The quantitative estimate of drug-likeness (QED) is 0.828. The van der Waals surface area contributed by atoms with E-state index in [1.54, 1.807) is 0 Å². The zero-order valence-corrected chi connectivity index (χ0v) is 13.9. The zero-order valence-electron chi connectivity index (χ0n) is 13.9. The first-order valence-corrected chi connectivity index (χ1v) is 8.15. The summed E-state index contributed by atoms with van der Waals surface area (Å²) < 4.78 is 0. The zero-order chi connectivity index (χ0) is 15.9. The van der Waals surface area contributed by atoms with E-state index in [0.29, 0.717) is 12.6 Å². The van der Waals surface area contributed by atoms with Gasteiger partial charge >= 0.3 is 0 Å². The molecule has 2 heteroatoms. The molecule has 0 aliphatic heterocycles. The van der Waals surface area contributed by atoms with Gasteiger partial charge in [0.2, 0.25) is 0 Å². The number of nitrogens with zero attached hydrogens (tertiary/aromatic N) is 1. The molecule has 0 aromatic heterocycles. The van der Waals surface area contributed by atoms with E-state index in [4.69, 9.17) is 0 Å². The highest BCUT2D eigenvalue weighted by Gasteiger charge is 2.16. The van der Waals surface area contributed by atoms with Crippen LogP contribution in [0.5, 0.6) is 0 Å². The molecule has 0 radical (unpaired) electrons. The summed E-state index contributed by atoms with van der Waals surface area (Å²) in [4.78, 5) is 2.31. The molecule has 2 nitrogen and oxygen atoms in total. The van der Waals surface area contributed by atoms with Gasteiger partial charge in [0, 0.05) is 19.1 Å². The lowest BCUT2D eigenvalue weighted by Gasteiger charge is -2.29. The molecule has 0 bridgehead atoms. The molecule has 2 aromatic rings. The van der Waals surface area contributed by atoms with Crippen molar-refractivity contribution in [2.45, 2.75) is 45.9 Å². The van der Waals surface area contributed by atoms with E-state index in [-0.39, 0.29) is 0 Å². The molecule has 1 unspecified atom stereocenters. The van der Waals surface area contributed by atoms with Crippen LogP contribution in [0.25, 0.3) is 0 Å². The number of rotatable bonds is 7. The number of benzene rings is 2. The van der Waals surface area contributed by atoms with Crippen molar-refractivity contribution in [1.82, 2.24) is 4.90 Å². The summed E-state index contributed by atoms with van der Waals surface area (Å²) >= 11 is 0. The standard InChI is InChI=1S/C20H27NO/c1-4-17-10-12-19(13-11-17)20(22)15-21(16(2)3)14-18-8-6-5-7-9-18/h5-13,16,20,22H,4,14-15H2,1-3H3. The summed E-state index contributed by atoms with van der Waals surface area (Å²) in [6.07, 6.45) is 0.583. The first kappa shape index (κ1) is 16.7. The van der Waals surface area contributed by atoms with Crippen molar-refractivity contribution in [2.75, 3.05) is 6.54 Å². The lowest BCUT2D eigenvalue weighted by Crippen LogP contribution is -2.34. The summed E-state index contributed by atoms with van der Waals surface area (Å²) in [6.45, 7) is 8.01. The van der Waals surface area contributed by atoms with Crippen molar-refractivity contribution >= 4 is 0 Å². The molecule has 0 aliphatic carbocycles. The maximum absolute atomic E-state index is 10.5. The minimum Gasteiger partial charge on any atom is -0.387 e. The lowest BCUT2D eigenvalue weighted by atomic mass is 10.0. The van der Waals surface area contributed by atoms with Gasteiger partial charge in [-0.3, -0.25) is 4.90 Å². The Labute approximate surface area is 134 Å². The molecule has 2 aromatic carbocycles. The predicted octanol–water partition coefficient (Wildman–Crippen LogP) is 4.19. The van der Waals surface area contributed by atoms with E-state index in [9.17, 15) is 5.11 Å². The number of aliphatic hydroxyl groups is 1. The van der Waals surface area contributed by atoms with Crippen LogP contribution in [0.2, 0.25) is 0 Å². The molecule has 0 saturated heterocycles. The molecule has 2 rings (SSSR count). The Bertz CT molecular complexity index is 548. The van der Waals surface area contributed by atoms with Crippen molar-refractivity contribution in [1.29, 1.82) is 0 Å². The first-order chi connectivity index (χ1) is 10.6. The molecule has 118 valence electrons. The van der Waals surface area contributed by atoms with Gasteiger partial charge in [0.1, 0.15) is 0 Å². The summed E-state index contributed by atoms with van der Waals surface area (Å²) in [6, 6.07) is 19.1. The van der Waals surface area contributed by atoms with E-state index in [0.717, 1.165) is 18.5 Å². The van der Waals surface area contributed by atoms with Gasteiger partial charge in [0.25, 0.3) is 0 Å². The fourth-order valence-electron chi connectivity index (χ4n) is 2.58. The number of hydrogen-bond acceptors (Lipinski definition) is 2. The lowest BCUT2D eigenvalue weighted by molar-refractivity contribution is 0.0908. The van der Waals surface area contributed by atoms with Gasteiger partial charge in [-0.25, -0.2) is 0 Å². The summed E-state index contributed by atoms with van der Waals surface area (Å²) in [5.41, 5.74) is 3.58. The average molecular weight is 297 g/mol. The summed E-state index contributed by atoms with van der Waals surface area (Å²) in [5, 5.41) is 10.5. The second kappa shape index (κ2) is 8.11. The third-order valence-corrected chi connectivity index (χ3v) is 4.14. The summed E-state index contributed by atoms with van der Waals surface area (Å²) in [7, 11) is 0. The average Bonchev–Trinajstić information content (AvgIpc) is 2.55. The van der Waals surface area contributed by atoms with Crippen LogP contribution >= 0.6 is 0 Å². The SMILES string of the molecule is CCc1ccc(C(O)CN(Cc2ccccc2)C(C)C)cc1. The van der Waals surface area contributed by atoms with Crippen LogP contribution < -0.4 is 0 Å². The largest absolute Gasteiger partial charge is 0.387 e. The highest BCUT2D eigenvalue weighted by atomic mass is 16.3. The maximum Gasteiger partial charge on any atom is 0.0917 e. The number of hydrogen-bond donors (Lipinski definition) is 1. The van der Waals surface area contributed by atoms with Crippen LogP contribution in [-0.4, -0.2) is 22.6 Å². The Morgan fingerprint density at radius 3 is 2.09 bits per heavy atom. The Balaban J connectivity index is 2.03. The van der Waals surface area contributed by atoms with Crippen molar-refractivity contribution in [3.63, 3.8) is 0 Å². The molecule has 0 heterocycles. The highest BCUT2D eigenvalue weighted by Crippen LogP contribution is 2.18. The van der Waals surface area contributed by atoms with Crippen LogP contribution in [0.15, 0.2) is 54.6 Å². The molecule has 0 spiro atoms. The molecule has 0 saturated carbocycles. The van der Waals surface area contributed by atoms with E-state index in [1.807, 2.05) is 18.2 Å². The van der Waals surface area contributed by atoms with E-state index in [1.165, 1.54) is 11.1 Å². The Hall–Kier alpha value is -1.64. The first-order valence-electron chi connectivity index (χ1n) is 8.15. The normalized spacial score (nSPS) is 12.8. The minimum absolute atomic E-state index is 0.393. The predicted molar refractivity (Wildman–Crippen MR) is 92.8 cm³/mol. The van der Waals surface area contributed by atoms with Crippen LogP contribution in [-0.2, 0) is 13.0 Å². The van der Waals surface area contributed by atoms with E-state index in [2.05, 4.69) is 62.1 Å². The van der Waals surface area contributed by atoms with Crippen LogP contribution in [0.4, 0.5) is 0 Å². The van der Waals surface area contributed by atoms with Crippen LogP contribution in [0.3, 0.4) is 0 Å². The molecule has 1 atom stereocenters. The van der Waals surface area contributed by atoms with Gasteiger partial charge in [-0.05, 0) is 37.0 Å². The van der Waals surface area contributed by atoms with Crippen molar-refractivity contribution in [2.24, 2.45) is 0 Å². The van der Waals surface area contributed by atoms with Crippen LogP contribution in [0.1, 0.15) is 43.6 Å². The second-order valence-electron chi connectivity index (χ2n) is 6.12. The second-order valence-corrected chi connectivity index (χ2v) is 6.12. The molecule has 0 amide bonds. The van der Waals surface area contributed by atoms with Gasteiger partial charge in [-0.1, -0.05) is 61.5 Å². The molecule has 0 fully saturated rings. The minimum atomic E-state index is -0.447. The monoisotopic (exact) mass is 297 g/mol. The molecule has 1 N–H and O–H groups in total. The van der Waals surface area contributed by atoms with Crippen molar-refractivity contribution < 1.29 is 5.11 Å². The van der Waals surface area contributed by atoms with E-state index >= 15 is 0 Å². The van der Waals surface area contributed by atoms with Gasteiger partial charge in [-0.2, -0.15) is 0 Å². The van der Waals surface area contributed by atoms with E-state index < -0.39 is 6.10 Å². The van der Waals surface area contributed by atoms with Crippen molar-refractivity contribution in [3.05, 3.63) is 71.3 Å². The summed E-state index contributed by atoms with van der Waals surface area (Å²) in [5.74, 6) is 0. The van der Waals surface area contributed by atoms with Gasteiger partial charge in [0.05, 0.1) is 6.10 Å². The Morgan fingerprint density at radius 2 is 1.55 bits per heavy atom. The Morgan fingerprint density at radius 1 is 0.909 bits per heavy atom. The number of aliphatic hydroxyl groups excluding tert-OH is 1. The topological polar surface area (TPSA) is 23.5 Å². The smallest absolute Gasteiger partial charge is 0.0917 e. The Kier molecular flexibility index (Phi) is 6.17. The van der Waals surface area contributed by atoms with Gasteiger partial charge < -0.3 is 5.11 Å². The fourth-order valence-corrected chi connectivity index (χ4v) is 2.58. The van der Waals surface area contributed by atoms with Gasteiger partial charge in [0.15, 0.2) is 0 Å². The molecule has 0 aliphatic rings. The number of aryl methyl sites for hydroxylation is 1. The third kappa shape index (κ3) is 4.69. The third-order valence-electron chi connectivity index (χ3n) is 4.14. The molecular formula is C20H27NO.